The Labute approximate surface area is 168 Å². The van der Waals surface area contributed by atoms with Gasteiger partial charge in [0.25, 0.3) is 5.91 Å². The lowest BCUT2D eigenvalue weighted by Gasteiger charge is -2.18. The van der Waals surface area contributed by atoms with E-state index in [1.54, 1.807) is 12.1 Å². The molecule has 0 aliphatic carbocycles. The molecule has 0 aromatic carbocycles. The van der Waals surface area contributed by atoms with Crippen molar-refractivity contribution in [3.8, 4) is 0 Å². The van der Waals surface area contributed by atoms with Crippen LogP contribution in [0.2, 0.25) is 0 Å². The van der Waals surface area contributed by atoms with Gasteiger partial charge < -0.3 is 14.8 Å². The van der Waals surface area contributed by atoms with Gasteiger partial charge in [-0.15, -0.1) is 11.3 Å². The van der Waals surface area contributed by atoms with Crippen molar-refractivity contribution in [2.75, 3.05) is 26.5 Å². The molecule has 1 rings (SSSR count). The van der Waals surface area contributed by atoms with Crippen LogP contribution in [0.3, 0.4) is 0 Å². The van der Waals surface area contributed by atoms with Crippen LogP contribution in [0.4, 0.5) is 0 Å². The summed E-state index contributed by atoms with van der Waals surface area (Å²) in [5, 5.41) is 2.50. The number of amides is 1. The van der Waals surface area contributed by atoms with Crippen molar-refractivity contribution in [3.63, 3.8) is 0 Å². The van der Waals surface area contributed by atoms with Crippen LogP contribution in [0.1, 0.15) is 34.8 Å². The first-order chi connectivity index (χ1) is 13.0. The molecule has 2 N–H and O–H groups in total. The van der Waals surface area contributed by atoms with Crippen molar-refractivity contribution in [1.82, 2.24) is 10.0 Å². The lowest BCUT2D eigenvalue weighted by molar-refractivity contribution is -0.145. The summed E-state index contributed by atoms with van der Waals surface area (Å²) < 4.78 is 34.1. The molecule has 11 heteroatoms. The van der Waals surface area contributed by atoms with Crippen molar-refractivity contribution in [3.05, 3.63) is 21.9 Å². The van der Waals surface area contributed by atoms with Gasteiger partial charge in [0, 0.05) is 11.4 Å². The van der Waals surface area contributed by atoms with Gasteiger partial charge in [0.1, 0.15) is 10.9 Å². The first kappa shape index (κ1) is 24.1. The number of ether oxygens (including phenoxy) is 2. The Hall–Kier alpha value is -1.98. The van der Waals surface area contributed by atoms with Gasteiger partial charge in [-0.25, -0.2) is 22.7 Å². The third-order valence-electron chi connectivity index (χ3n) is 3.46. The number of hydrogen-bond donors (Lipinski definition) is 2. The number of nitrogens with one attached hydrogen (secondary N) is 2. The maximum Gasteiger partial charge on any atom is 0.348 e. The van der Waals surface area contributed by atoms with E-state index in [9.17, 15) is 22.8 Å². The molecular formula is C17H26N2O7S2. The molecule has 0 unspecified atom stereocenters. The molecule has 1 heterocycles. The Morgan fingerprint density at radius 2 is 1.89 bits per heavy atom. The molecular weight excluding hydrogens is 408 g/mol. The Morgan fingerprint density at radius 3 is 2.46 bits per heavy atom. The average Bonchev–Trinajstić information content (AvgIpc) is 3.05. The number of carbonyl (C=O) groups excluding carboxylic acids is 3. The molecule has 1 amide bonds. The van der Waals surface area contributed by atoms with Crippen molar-refractivity contribution < 1.29 is 32.3 Å². The van der Waals surface area contributed by atoms with Crippen molar-refractivity contribution >= 4 is 39.2 Å². The number of sulfonamides is 1. The highest BCUT2D eigenvalue weighted by Crippen LogP contribution is 2.18. The molecule has 0 radical (unpaired) electrons. The summed E-state index contributed by atoms with van der Waals surface area (Å²) >= 11 is 1.16. The molecule has 0 spiro atoms. The Morgan fingerprint density at radius 1 is 1.21 bits per heavy atom. The highest BCUT2D eigenvalue weighted by Gasteiger charge is 2.23. The fraction of sp³-hybridized carbons (Fsp3) is 0.588. The summed E-state index contributed by atoms with van der Waals surface area (Å²) in [7, 11) is -2.02. The van der Waals surface area contributed by atoms with Crippen molar-refractivity contribution in [1.29, 1.82) is 0 Å². The minimum atomic E-state index is -3.26. The van der Waals surface area contributed by atoms with E-state index in [0.29, 0.717) is 17.7 Å². The van der Waals surface area contributed by atoms with E-state index >= 15 is 0 Å². The average molecular weight is 435 g/mol. The molecule has 0 aliphatic heterocycles. The van der Waals surface area contributed by atoms with Gasteiger partial charge in [-0.05, 0) is 30.9 Å². The highest BCUT2D eigenvalue weighted by molar-refractivity contribution is 7.88. The van der Waals surface area contributed by atoms with E-state index in [-0.39, 0.29) is 12.5 Å². The summed E-state index contributed by atoms with van der Waals surface area (Å²) in [5.41, 5.74) is 0. The summed E-state index contributed by atoms with van der Waals surface area (Å²) in [4.78, 5) is 36.8. The molecule has 0 saturated heterocycles. The van der Waals surface area contributed by atoms with E-state index in [0.717, 1.165) is 22.5 Å². The van der Waals surface area contributed by atoms with Crippen LogP contribution < -0.4 is 10.0 Å². The van der Waals surface area contributed by atoms with Crippen molar-refractivity contribution in [2.24, 2.45) is 5.92 Å². The smallest absolute Gasteiger partial charge is 0.348 e. The minimum Gasteiger partial charge on any atom is -0.467 e. The molecule has 0 saturated carbocycles. The summed E-state index contributed by atoms with van der Waals surface area (Å²) in [6.07, 6.45) is 1.91. The zero-order chi connectivity index (χ0) is 21.3. The topological polar surface area (TPSA) is 128 Å². The fourth-order valence-corrected chi connectivity index (χ4v) is 3.62. The molecule has 28 heavy (non-hydrogen) atoms. The highest BCUT2D eigenvalue weighted by atomic mass is 32.2. The van der Waals surface area contributed by atoms with Gasteiger partial charge in [-0.3, -0.25) is 4.79 Å². The van der Waals surface area contributed by atoms with Gasteiger partial charge >= 0.3 is 11.9 Å². The summed E-state index contributed by atoms with van der Waals surface area (Å²) in [6, 6.07) is 2.45. The standard InChI is InChI=1S/C17H26N2O7S2/c1-11(2)9-13(16(21)25-3)19-15(20)10-26-17(22)14-6-5-12(27-14)7-8-18-28(4,23)24/h5-6,11,13,18H,7-10H2,1-4H3,(H,19,20)/t13-/m0/s1. The lowest BCUT2D eigenvalue weighted by Crippen LogP contribution is -2.44. The summed E-state index contributed by atoms with van der Waals surface area (Å²) in [6.45, 7) is 3.51. The second-order valence-corrected chi connectivity index (χ2v) is 9.53. The number of carbonyl (C=O) groups is 3. The van der Waals surface area contributed by atoms with Crippen LogP contribution in [-0.2, 0) is 35.5 Å². The molecule has 0 bridgehead atoms. The zero-order valence-electron chi connectivity index (χ0n) is 16.3. The predicted octanol–water partition coefficient (Wildman–Crippen LogP) is 0.701. The fourth-order valence-electron chi connectivity index (χ4n) is 2.25. The SMILES string of the molecule is COC(=O)[C@H](CC(C)C)NC(=O)COC(=O)c1ccc(CCNS(C)(=O)=O)s1. The van der Waals surface area contributed by atoms with E-state index < -0.39 is 40.5 Å². The van der Waals surface area contributed by atoms with Crippen LogP contribution in [-0.4, -0.2) is 58.8 Å². The Balaban J connectivity index is 2.50. The number of rotatable bonds is 11. The van der Waals surface area contributed by atoms with E-state index in [4.69, 9.17) is 4.74 Å². The van der Waals surface area contributed by atoms with Gasteiger partial charge in [0.05, 0.1) is 13.4 Å². The zero-order valence-corrected chi connectivity index (χ0v) is 17.9. The van der Waals surface area contributed by atoms with E-state index in [2.05, 4.69) is 14.8 Å². The largest absolute Gasteiger partial charge is 0.467 e. The third kappa shape index (κ3) is 9.29. The van der Waals surface area contributed by atoms with E-state index in [1.807, 2.05) is 13.8 Å². The molecule has 1 aromatic heterocycles. The first-order valence-corrected chi connectivity index (χ1v) is 11.3. The second-order valence-electron chi connectivity index (χ2n) is 6.53. The predicted molar refractivity (Wildman–Crippen MR) is 105 cm³/mol. The normalized spacial score (nSPS) is 12.5. The van der Waals surface area contributed by atoms with Crippen LogP contribution in [0.15, 0.2) is 12.1 Å². The van der Waals surface area contributed by atoms with Gasteiger partial charge in [0.15, 0.2) is 6.61 Å². The van der Waals surface area contributed by atoms with Crippen LogP contribution in [0.25, 0.3) is 0 Å². The van der Waals surface area contributed by atoms with Crippen LogP contribution >= 0.6 is 11.3 Å². The molecule has 1 aromatic rings. The van der Waals surface area contributed by atoms with Gasteiger partial charge in [-0.2, -0.15) is 0 Å². The Kier molecular flexibility index (Phi) is 9.56. The monoisotopic (exact) mass is 434 g/mol. The second kappa shape index (κ2) is 11.1. The quantitative estimate of drug-likeness (QED) is 0.491. The van der Waals surface area contributed by atoms with Crippen LogP contribution in [0, 0.1) is 5.92 Å². The Bertz CT molecular complexity index is 787. The molecule has 9 nitrogen and oxygen atoms in total. The van der Waals surface area contributed by atoms with Gasteiger partial charge in [0.2, 0.25) is 10.0 Å². The molecule has 0 aliphatic rings. The summed E-state index contributed by atoms with van der Waals surface area (Å²) in [5.74, 6) is -1.66. The molecule has 1 atom stereocenters. The molecule has 158 valence electrons. The number of esters is 2. The number of thiophene rings is 1. The number of hydrogen-bond acceptors (Lipinski definition) is 8. The lowest BCUT2D eigenvalue weighted by atomic mass is 10.0. The first-order valence-electron chi connectivity index (χ1n) is 8.59. The minimum absolute atomic E-state index is 0.161. The third-order valence-corrected chi connectivity index (χ3v) is 5.31. The number of methoxy groups -OCH3 is 1. The molecule has 0 fully saturated rings. The van der Waals surface area contributed by atoms with Crippen molar-refractivity contribution in [2.45, 2.75) is 32.7 Å². The van der Waals surface area contributed by atoms with Gasteiger partial charge in [-0.1, -0.05) is 13.8 Å². The van der Waals surface area contributed by atoms with E-state index in [1.165, 1.54) is 7.11 Å². The maximum atomic E-state index is 12.1. The van der Waals surface area contributed by atoms with Crippen LogP contribution in [0.5, 0.6) is 0 Å². The maximum absolute atomic E-state index is 12.1.